The number of ether oxygens (including phenoxy) is 2. The van der Waals surface area contributed by atoms with Crippen LogP contribution in [0.15, 0.2) is 11.5 Å². The average Bonchev–Trinajstić information content (AvgIpc) is 2.63. The van der Waals surface area contributed by atoms with E-state index >= 15 is 0 Å². The number of hydrogen-bond donors (Lipinski definition) is 0. The summed E-state index contributed by atoms with van der Waals surface area (Å²) >= 11 is 0. The quantitative estimate of drug-likeness (QED) is 0.320. The van der Waals surface area contributed by atoms with Crippen LogP contribution in [0.3, 0.4) is 0 Å². The van der Waals surface area contributed by atoms with Crippen LogP contribution in [-0.4, -0.2) is 38.3 Å². The number of hydrogen-bond acceptors (Lipinski definition) is 6. The van der Waals surface area contributed by atoms with E-state index in [9.17, 15) is 39.6 Å². The van der Waals surface area contributed by atoms with Gasteiger partial charge in [-0.05, 0) is 13.8 Å². The Kier molecular flexibility index (Phi) is 5.10. The summed E-state index contributed by atoms with van der Waals surface area (Å²) in [5.74, 6) is -6.44. The SMILES string of the molecule is CCOC(=O)C1=C(OS(=O)(=O)C(F)(F)F)[C@@H](C)[C@](C)(C(F)(F)F)O1. The predicted molar refractivity (Wildman–Crippen MR) is 64.4 cm³/mol. The van der Waals surface area contributed by atoms with Gasteiger partial charge in [0.15, 0.2) is 5.76 Å². The van der Waals surface area contributed by atoms with Crippen LogP contribution in [0.1, 0.15) is 20.8 Å². The van der Waals surface area contributed by atoms with Crippen LogP contribution in [0.25, 0.3) is 0 Å². The fourth-order valence-corrected chi connectivity index (χ4v) is 2.27. The average molecular weight is 386 g/mol. The molecule has 0 saturated carbocycles. The molecule has 0 amide bonds. The summed E-state index contributed by atoms with van der Waals surface area (Å²) in [6.07, 6.45) is -5.14. The summed E-state index contributed by atoms with van der Waals surface area (Å²) in [6, 6.07) is 0. The second-order valence-corrected chi connectivity index (χ2v) is 6.36. The Labute approximate surface area is 132 Å². The molecule has 2 atom stereocenters. The fraction of sp³-hybridized carbons (Fsp3) is 0.727. The molecule has 0 radical (unpaired) electrons. The summed E-state index contributed by atoms with van der Waals surface area (Å²) in [5, 5.41) is 0. The molecule has 1 aliphatic rings. The van der Waals surface area contributed by atoms with Crippen LogP contribution in [0, 0.1) is 5.92 Å². The van der Waals surface area contributed by atoms with Gasteiger partial charge in [-0.3, -0.25) is 0 Å². The number of alkyl halides is 6. The zero-order valence-electron chi connectivity index (χ0n) is 12.4. The molecule has 0 unspecified atom stereocenters. The minimum absolute atomic E-state index is 0.345. The molecule has 0 spiro atoms. The molecule has 1 rings (SSSR count). The molecule has 0 bridgehead atoms. The Morgan fingerprint density at radius 2 is 1.75 bits per heavy atom. The monoisotopic (exact) mass is 386 g/mol. The van der Waals surface area contributed by atoms with Gasteiger partial charge in [0.25, 0.3) is 0 Å². The first-order valence-corrected chi connectivity index (χ1v) is 7.67. The minimum Gasteiger partial charge on any atom is -0.467 e. The van der Waals surface area contributed by atoms with Crippen molar-refractivity contribution in [3.8, 4) is 0 Å². The van der Waals surface area contributed by atoms with Crippen molar-refractivity contribution in [2.45, 2.75) is 38.1 Å². The van der Waals surface area contributed by atoms with Gasteiger partial charge in [0.1, 0.15) is 0 Å². The van der Waals surface area contributed by atoms with E-state index in [0.717, 1.165) is 0 Å². The molecule has 0 aromatic heterocycles. The molecular weight excluding hydrogens is 374 g/mol. The smallest absolute Gasteiger partial charge is 0.467 e. The maximum absolute atomic E-state index is 13.1. The summed E-state index contributed by atoms with van der Waals surface area (Å²) in [7, 11) is -6.30. The van der Waals surface area contributed by atoms with Crippen molar-refractivity contribution in [2.24, 2.45) is 5.92 Å². The van der Waals surface area contributed by atoms with E-state index < -0.39 is 50.8 Å². The summed E-state index contributed by atoms with van der Waals surface area (Å²) in [6.45, 7) is 2.07. The lowest BCUT2D eigenvalue weighted by atomic mass is 9.90. The molecule has 0 saturated heterocycles. The van der Waals surface area contributed by atoms with Crippen molar-refractivity contribution in [1.29, 1.82) is 0 Å². The Hall–Kier alpha value is -1.66. The maximum Gasteiger partial charge on any atom is 0.534 e. The molecule has 140 valence electrons. The topological polar surface area (TPSA) is 78.9 Å². The highest BCUT2D eigenvalue weighted by atomic mass is 32.2. The molecule has 24 heavy (non-hydrogen) atoms. The third-order valence-electron chi connectivity index (χ3n) is 3.26. The van der Waals surface area contributed by atoms with Crippen molar-refractivity contribution in [2.75, 3.05) is 6.61 Å². The second kappa shape index (κ2) is 6.01. The fourth-order valence-electron chi connectivity index (χ4n) is 1.72. The van der Waals surface area contributed by atoms with Crippen molar-refractivity contribution in [1.82, 2.24) is 0 Å². The lowest BCUT2D eigenvalue weighted by Crippen LogP contribution is -2.47. The lowest BCUT2D eigenvalue weighted by Gasteiger charge is -2.31. The standard InChI is InChI=1S/C11H12F6O6S/c1-4-21-8(18)7-6(23-24(19,20)11(15,16)17)5(2)9(3,22-7)10(12,13)14/h5H,4H2,1-3H3/t5-,9-/m1/s1. The molecule has 1 aliphatic heterocycles. The largest absolute Gasteiger partial charge is 0.534 e. The molecule has 1 heterocycles. The van der Waals surface area contributed by atoms with Gasteiger partial charge in [-0.15, -0.1) is 0 Å². The molecule has 6 nitrogen and oxygen atoms in total. The van der Waals surface area contributed by atoms with E-state index in [1.165, 1.54) is 6.92 Å². The number of esters is 1. The van der Waals surface area contributed by atoms with Crippen molar-refractivity contribution < 1.29 is 53.2 Å². The Morgan fingerprint density at radius 1 is 1.25 bits per heavy atom. The van der Waals surface area contributed by atoms with E-state index in [1.807, 2.05) is 0 Å². The zero-order valence-corrected chi connectivity index (χ0v) is 13.2. The Balaban J connectivity index is 3.42. The highest BCUT2D eigenvalue weighted by molar-refractivity contribution is 7.87. The van der Waals surface area contributed by atoms with Gasteiger partial charge < -0.3 is 13.7 Å². The third kappa shape index (κ3) is 3.39. The first kappa shape index (κ1) is 20.4. The van der Waals surface area contributed by atoms with E-state index in [-0.39, 0.29) is 6.61 Å². The highest BCUT2D eigenvalue weighted by Gasteiger charge is 2.65. The predicted octanol–water partition coefficient (Wildman–Crippen LogP) is 2.61. The van der Waals surface area contributed by atoms with E-state index in [0.29, 0.717) is 13.8 Å². The second-order valence-electron chi connectivity index (χ2n) is 4.83. The number of carbonyl (C=O) groups excluding carboxylic acids is 1. The Bertz CT molecular complexity index is 649. The van der Waals surface area contributed by atoms with Crippen LogP contribution < -0.4 is 0 Å². The zero-order chi connectivity index (χ0) is 19.1. The molecular formula is C11H12F6O6S. The molecule has 0 aromatic rings. The van der Waals surface area contributed by atoms with Gasteiger partial charge >= 0.3 is 27.8 Å². The van der Waals surface area contributed by atoms with Crippen LogP contribution in [-0.2, 0) is 28.6 Å². The van der Waals surface area contributed by atoms with Crippen LogP contribution in [0.5, 0.6) is 0 Å². The first-order valence-electron chi connectivity index (χ1n) is 6.26. The van der Waals surface area contributed by atoms with Crippen molar-refractivity contribution in [3.63, 3.8) is 0 Å². The van der Waals surface area contributed by atoms with Crippen molar-refractivity contribution in [3.05, 3.63) is 11.5 Å². The van der Waals surface area contributed by atoms with Crippen LogP contribution in [0.4, 0.5) is 26.3 Å². The van der Waals surface area contributed by atoms with E-state index in [2.05, 4.69) is 13.7 Å². The highest BCUT2D eigenvalue weighted by Crippen LogP contribution is 2.50. The van der Waals surface area contributed by atoms with Gasteiger partial charge in [0.2, 0.25) is 11.4 Å². The van der Waals surface area contributed by atoms with Crippen LogP contribution >= 0.6 is 0 Å². The van der Waals surface area contributed by atoms with Gasteiger partial charge in [-0.2, -0.15) is 34.8 Å². The van der Waals surface area contributed by atoms with Gasteiger partial charge in [-0.25, -0.2) is 4.79 Å². The lowest BCUT2D eigenvalue weighted by molar-refractivity contribution is -0.263. The van der Waals surface area contributed by atoms with Gasteiger partial charge in [0.05, 0.1) is 12.5 Å². The molecule has 0 fully saturated rings. The summed E-state index contributed by atoms with van der Waals surface area (Å²) < 4.78 is 111. The van der Waals surface area contributed by atoms with E-state index in [1.54, 1.807) is 0 Å². The first-order chi connectivity index (χ1) is 10.6. The van der Waals surface area contributed by atoms with Crippen LogP contribution in [0.2, 0.25) is 0 Å². The number of halogens is 6. The van der Waals surface area contributed by atoms with Gasteiger partial charge in [0, 0.05) is 0 Å². The minimum atomic E-state index is -6.30. The number of carbonyl (C=O) groups is 1. The molecule has 0 aromatic carbocycles. The molecule has 0 N–H and O–H groups in total. The maximum atomic E-state index is 13.1. The summed E-state index contributed by atoms with van der Waals surface area (Å²) in [5.41, 5.74) is -9.08. The molecule has 0 aliphatic carbocycles. The third-order valence-corrected chi connectivity index (χ3v) is 4.23. The van der Waals surface area contributed by atoms with E-state index in [4.69, 9.17) is 0 Å². The Morgan fingerprint density at radius 3 is 2.12 bits per heavy atom. The molecule has 13 heteroatoms. The van der Waals surface area contributed by atoms with Gasteiger partial charge in [-0.1, -0.05) is 6.92 Å². The normalized spacial score (nSPS) is 25.5. The van der Waals surface area contributed by atoms with Crippen molar-refractivity contribution >= 4 is 16.1 Å². The summed E-state index contributed by atoms with van der Waals surface area (Å²) in [4.78, 5) is 11.6. The number of rotatable bonds is 4.